The molecule has 1 aliphatic rings. The molecular weight excluding hydrogens is 300 g/mol. The fourth-order valence-corrected chi connectivity index (χ4v) is 3.57. The summed E-state index contributed by atoms with van der Waals surface area (Å²) in [7, 11) is 1.73. The van der Waals surface area contributed by atoms with Crippen LogP contribution in [0.25, 0.3) is 0 Å². The Morgan fingerprint density at radius 1 is 1.00 bits per heavy atom. The largest absolute Gasteiger partial charge is 0.508 e. The van der Waals surface area contributed by atoms with Gasteiger partial charge in [0.15, 0.2) is 0 Å². The highest BCUT2D eigenvalue weighted by Gasteiger charge is 2.25. The van der Waals surface area contributed by atoms with Crippen LogP contribution < -0.4 is 9.64 Å². The van der Waals surface area contributed by atoms with Crippen molar-refractivity contribution in [3.05, 3.63) is 54.1 Å². The van der Waals surface area contributed by atoms with E-state index in [0.29, 0.717) is 11.8 Å². The first-order chi connectivity index (χ1) is 11.7. The average Bonchev–Trinajstić information content (AvgIpc) is 2.64. The first kappa shape index (κ1) is 16.7. The molecule has 1 unspecified atom stereocenters. The van der Waals surface area contributed by atoms with Crippen molar-refractivity contribution in [3.8, 4) is 11.5 Å². The summed E-state index contributed by atoms with van der Waals surface area (Å²) in [5.41, 5.74) is 2.46. The number of hydrogen-bond acceptors (Lipinski definition) is 4. The molecule has 0 amide bonds. The number of nitrogens with zero attached hydrogens (tertiary/aromatic N) is 2. The van der Waals surface area contributed by atoms with Crippen LogP contribution in [-0.2, 0) is 0 Å². The number of aromatic hydroxyl groups is 1. The van der Waals surface area contributed by atoms with Gasteiger partial charge in [-0.15, -0.1) is 0 Å². The Balaban J connectivity index is 1.68. The van der Waals surface area contributed by atoms with Gasteiger partial charge in [-0.3, -0.25) is 4.90 Å². The standard InChI is InChI=1S/C20H26N2O2/c1-3-18(16-8-10-17(23)11-9-16)21-12-14-22(15-13-21)19-6-4-5-7-20(19)24-2/h4-11,18,23H,3,12-15H2,1-2H3. The summed E-state index contributed by atoms with van der Waals surface area (Å²) >= 11 is 0. The maximum Gasteiger partial charge on any atom is 0.142 e. The molecule has 0 bridgehead atoms. The Morgan fingerprint density at radius 2 is 1.67 bits per heavy atom. The lowest BCUT2D eigenvalue weighted by Gasteiger charge is -2.40. The zero-order chi connectivity index (χ0) is 16.9. The Morgan fingerprint density at radius 3 is 2.29 bits per heavy atom. The third-order valence-electron chi connectivity index (χ3n) is 4.85. The molecule has 3 rings (SSSR count). The van der Waals surface area contributed by atoms with Crippen LogP contribution in [0.2, 0.25) is 0 Å². The van der Waals surface area contributed by atoms with Gasteiger partial charge in [-0.2, -0.15) is 0 Å². The van der Waals surface area contributed by atoms with Crippen molar-refractivity contribution in [2.75, 3.05) is 38.2 Å². The Labute approximate surface area is 144 Å². The van der Waals surface area contributed by atoms with Crippen LogP contribution >= 0.6 is 0 Å². The number of methoxy groups -OCH3 is 1. The van der Waals surface area contributed by atoms with E-state index in [1.165, 1.54) is 11.3 Å². The highest BCUT2D eigenvalue weighted by atomic mass is 16.5. The molecule has 0 spiro atoms. The van der Waals surface area contributed by atoms with Crippen molar-refractivity contribution >= 4 is 5.69 Å². The monoisotopic (exact) mass is 326 g/mol. The molecule has 24 heavy (non-hydrogen) atoms. The lowest BCUT2D eigenvalue weighted by Crippen LogP contribution is -2.47. The third-order valence-corrected chi connectivity index (χ3v) is 4.85. The first-order valence-electron chi connectivity index (χ1n) is 8.64. The lowest BCUT2D eigenvalue weighted by atomic mass is 10.0. The van der Waals surface area contributed by atoms with E-state index in [2.05, 4.69) is 28.9 Å². The number of hydrogen-bond donors (Lipinski definition) is 1. The molecule has 1 saturated heterocycles. The second-order valence-electron chi connectivity index (χ2n) is 6.21. The summed E-state index contributed by atoms with van der Waals surface area (Å²) in [5, 5.41) is 9.50. The van der Waals surface area contributed by atoms with Gasteiger partial charge in [0.1, 0.15) is 11.5 Å². The SMILES string of the molecule is CCC(c1ccc(O)cc1)N1CCN(c2ccccc2OC)CC1. The smallest absolute Gasteiger partial charge is 0.142 e. The van der Waals surface area contributed by atoms with Crippen LogP contribution in [-0.4, -0.2) is 43.3 Å². The molecule has 1 aliphatic heterocycles. The second-order valence-corrected chi connectivity index (χ2v) is 6.21. The zero-order valence-corrected chi connectivity index (χ0v) is 14.5. The fraction of sp³-hybridized carbons (Fsp3) is 0.400. The van der Waals surface area contributed by atoms with Gasteiger partial charge in [0, 0.05) is 32.2 Å². The molecule has 0 aromatic heterocycles. The van der Waals surface area contributed by atoms with E-state index in [9.17, 15) is 5.11 Å². The number of phenolic OH excluding ortho intramolecular Hbond substituents is 1. The number of anilines is 1. The topological polar surface area (TPSA) is 35.9 Å². The van der Waals surface area contributed by atoms with E-state index < -0.39 is 0 Å². The van der Waals surface area contributed by atoms with Crippen molar-refractivity contribution in [1.29, 1.82) is 0 Å². The summed E-state index contributed by atoms with van der Waals surface area (Å²) in [4.78, 5) is 4.94. The van der Waals surface area contributed by atoms with Gasteiger partial charge in [-0.05, 0) is 36.2 Å². The molecule has 2 aromatic rings. The van der Waals surface area contributed by atoms with Gasteiger partial charge >= 0.3 is 0 Å². The highest BCUT2D eigenvalue weighted by Crippen LogP contribution is 2.31. The van der Waals surface area contributed by atoms with Gasteiger partial charge in [0.25, 0.3) is 0 Å². The number of benzene rings is 2. The van der Waals surface area contributed by atoms with Gasteiger partial charge in [-0.1, -0.05) is 31.2 Å². The Kier molecular flexibility index (Phi) is 5.26. The van der Waals surface area contributed by atoms with Gasteiger partial charge in [0.2, 0.25) is 0 Å². The van der Waals surface area contributed by atoms with Crippen LogP contribution in [0.5, 0.6) is 11.5 Å². The van der Waals surface area contributed by atoms with Crippen molar-refractivity contribution in [2.45, 2.75) is 19.4 Å². The van der Waals surface area contributed by atoms with Crippen LogP contribution in [0.1, 0.15) is 24.9 Å². The maximum absolute atomic E-state index is 9.50. The zero-order valence-electron chi connectivity index (χ0n) is 14.5. The molecular formula is C20H26N2O2. The Hall–Kier alpha value is -2.20. The van der Waals surface area contributed by atoms with Gasteiger partial charge in [0.05, 0.1) is 12.8 Å². The predicted molar refractivity (Wildman–Crippen MR) is 97.9 cm³/mol. The summed E-state index contributed by atoms with van der Waals surface area (Å²) in [5.74, 6) is 1.27. The first-order valence-corrected chi connectivity index (χ1v) is 8.64. The van der Waals surface area contributed by atoms with Gasteiger partial charge < -0.3 is 14.7 Å². The predicted octanol–water partition coefficient (Wildman–Crippen LogP) is 3.67. The fourth-order valence-electron chi connectivity index (χ4n) is 3.57. The minimum absolute atomic E-state index is 0.328. The summed E-state index contributed by atoms with van der Waals surface area (Å²) in [6.45, 7) is 6.27. The van der Waals surface area contributed by atoms with Crippen LogP contribution in [0.15, 0.2) is 48.5 Å². The maximum atomic E-state index is 9.50. The minimum atomic E-state index is 0.328. The molecule has 0 saturated carbocycles. The van der Waals surface area contributed by atoms with E-state index in [0.717, 1.165) is 38.3 Å². The van der Waals surface area contributed by atoms with E-state index >= 15 is 0 Å². The van der Waals surface area contributed by atoms with E-state index in [1.807, 2.05) is 24.3 Å². The molecule has 1 N–H and O–H groups in total. The van der Waals surface area contributed by atoms with Gasteiger partial charge in [-0.25, -0.2) is 0 Å². The number of piperazine rings is 1. The lowest BCUT2D eigenvalue weighted by molar-refractivity contribution is 0.181. The second kappa shape index (κ2) is 7.58. The number of ether oxygens (including phenoxy) is 1. The molecule has 1 atom stereocenters. The summed E-state index contributed by atoms with van der Waals surface area (Å²) in [6.07, 6.45) is 1.07. The normalized spacial score (nSPS) is 16.8. The van der Waals surface area contributed by atoms with Crippen LogP contribution in [0.4, 0.5) is 5.69 Å². The van der Waals surface area contributed by atoms with Crippen LogP contribution in [0, 0.1) is 0 Å². The third kappa shape index (κ3) is 3.49. The molecule has 4 nitrogen and oxygen atoms in total. The van der Waals surface area contributed by atoms with Crippen molar-refractivity contribution in [2.24, 2.45) is 0 Å². The number of para-hydroxylation sites is 2. The molecule has 0 aliphatic carbocycles. The summed E-state index contributed by atoms with van der Waals surface area (Å²) in [6, 6.07) is 16.3. The van der Waals surface area contributed by atoms with E-state index in [-0.39, 0.29) is 0 Å². The van der Waals surface area contributed by atoms with Crippen molar-refractivity contribution in [3.63, 3.8) is 0 Å². The van der Waals surface area contributed by atoms with Crippen molar-refractivity contribution < 1.29 is 9.84 Å². The molecule has 1 fully saturated rings. The number of rotatable bonds is 5. The minimum Gasteiger partial charge on any atom is -0.508 e. The molecule has 1 heterocycles. The molecule has 0 radical (unpaired) electrons. The highest BCUT2D eigenvalue weighted by molar-refractivity contribution is 5.58. The Bertz CT molecular complexity index is 649. The van der Waals surface area contributed by atoms with Crippen LogP contribution in [0.3, 0.4) is 0 Å². The molecule has 128 valence electrons. The summed E-state index contributed by atoms with van der Waals surface area (Å²) < 4.78 is 5.50. The quantitative estimate of drug-likeness (QED) is 0.909. The van der Waals surface area contributed by atoms with E-state index in [4.69, 9.17) is 4.74 Å². The molecule has 2 aromatic carbocycles. The average molecular weight is 326 g/mol. The molecule has 4 heteroatoms. The number of phenols is 1. The van der Waals surface area contributed by atoms with E-state index in [1.54, 1.807) is 19.2 Å². The van der Waals surface area contributed by atoms with Crippen molar-refractivity contribution in [1.82, 2.24) is 4.90 Å².